The molecule has 4 rings (SSSR count). The number of thioether (sulfide) groups is 1. The molecule has 2 aromatic carbocycles. The zero-order valence-electron chi connectivity index (χ0n) is 14.1. The Balaban J connectivity index is 1.65. The van der Waals surface area contributed by atoms with Crippen molar-refractivity contribution in [3.05, 3.63) is 75.9 Å². The Kier molecular flexibility index (Phi) is 4.77. The van der Waals surface area contributed by atoms with Gasteiger partial charge in [-0.3, -0.25) is 4.79 Å². The first-order chi connectivity index (χ1) is 12.7. The second kappa shape index (κ2) is 7.35. The van der Waals surface area contributed by atoms with Gasteiger partial charge in [0, 0.05) is 16.7 Å². The molecule has 2 aromatic heterocycles. The van der Waals surface area contributed by atoms with Gasteiger partial charge in [0.15, 0.2) is 5.16 Å². The molecule has 0 aliphatic rings. The highest BCUT2D eigenvalue weighted by atomic mass is 32.2. The van der Waals surface area contributed by atoms with Crippen LogP contribution in [-0.2, 0) is 5.75 Å². The minimum atomic E-state index is -0.0994. The van der Waals surface area contributed by atoms with Crippen LogP contribution in [0.15, 0.2) is 69.9 Å². The van der Waals surface area contributed by atoms with Crippen LogP contribution in [0.2, 0.25) is 0 Å². The van der Waals surface area contributed by atoms with Crippen LogP contribution < -0.4 is 10.3 Å². The second-order valence-electron chi connectivity index (χ2n) is 5.70. The Morgan fingerprint density at radius 3 is 2.62 bits per heavy atom. The lowest BCUT2D eigenvalue weighted by molar-refractivity contribution is 0.415. The second-order valence-corrected chi connectivity index (χ2v) is 7.53. The van der Waals surface area contributed by atoms with Crippen molar-refractivity contribution in [2.24, 2.45) is 0 Å². The molecule has 26 heavy (non-hydrogen) atoms. The Morgan fingerprint density at radius 2 is 1.88 bits per heavy atom. The Labute approximate surface area is 158 Å². The van der Waals surface area contributed by atoms with Crippen molar-refractivity contribution in [2.45, 2.75) is 10.9 Å². The first-order valence-corrected chi connectivity index (χ1v) is 9.94. The summed E-state index contributed by atoms with van der Waals surface area (Å²) in [5.41, 5.74) is 2.98. The number of aromatic nitrogens is 2. The first kappa shape index (κ1) is 16.9. The SMILES string of the molecule is COc1ccc(-c2csc3nc(SCc4ccccc4)[nH]c(=O)c23)cc1. The van der Waals surface area contributed by atoms with Crippen molar-refractivity contribution in [3.63, 3.8) is 0 Å². The highest BCUT2D eigenvalue weighted by Gasteiger charge is 2.13. The molecule has 6 heteroatoms. The molecular weight excluding hydrogens is 364 g/mol. The van der Waals surface area contributed by atoms with Gasteiger partial charge in [-0.1, -0.05) is 54.2 Å². The zero-order valence-corrected chi connectivity index (χ0v) is 15.7. The van der Waals surface area contributed by atoms with E-state index in [4.69, 9.17) is 4.74 Å². The number of aromatic amines is 1. The van der Waals surface area contributed by atoms with Gasteiger partial charge in [-0.05, 0) is 23.3 Å². The van der Waals surface area contributed by atoms with E-state index in [0.717, 1.165) is 27.5 Å². The molecule has 0 saturated heterocycles. The zero-order chi connectivity index (χ0) is 17.9. The Bertz CT molecular complexity index is 1090. The molecular formula is C20H16N2O2S2. The van der Waals surface area contributed by atoms with Gasteiger partial charge in [0.05, 0.1) is 12.5 Å². The maximum absolute atomic E-state index is 12.7. The summed E-state index contributed by atoms with van der Waals surface area (Å²) < 4.78 is 5.20. The molecule has 0 spiro atoms. The third kappa shape index (κ3) is 3.38. The van der Waals surface area contributed by atoms with Crippen molar-refractivity contribution in [1.29, 1.82) is 0 Å². The predicted molar refractivity (Wildman–Crippen MR) is 108 cm³/mol. The predicted octanol–water partition coefficient (Wildman–Crippen LogP) is 4.95. The van der Waals surface area contributed by atoms with E-state index in [0.29, 0.717) is 10.5 Å². The molecule has 0 radical (unpaired) electrons. The fourth-order valence-corrected chi connectivity index (χ4v) is 4.53. The highest BCUT2D eigenvalue weighted by molar-refractivity contribution is 7.98. The average molecular weight is 380 g/mol. The monoisotopic (exact) mass is 380 g/mol. The number of H-pyrrole nitrogens is 1. The molecule has 0 unspecified atom stereocenters. The molecule has 4 nitrogen and oxygen atoms in total. The number of nitrogens with zero attached hydrogens (tertiary/aromatic N) is 1. The van der Waals surface area contributed by atoms with E-state index >= 15 is 0 Å². The molecule has 1 N–H and O–H groups in total. The van der Waals surface area contributed by atoms with E-state index in [9.17, 15) is 4.79 Å². The van der Waals surface area contributed by atoms with Crippen molar-refractivity contribution >= 4 is 33.3 Å². The minimum Gasteiger partial charge on any atom is -0.497 e. The topological polar surface area (TPSA) is 55.0 Å². The summed E-state index contributed by atoms with van der Waals surface area (Å²) in [4.78, 5) is 21.0. The molecule has 4 aromatic rings. The van der Waals surface area contributed by atoms with Crippen molar-refractivity contribution < 1.29 is 4.74 Å². The number of thiophene rings is 1. The van der Waals surface area contributed by atoms with Crippen molar-refractivity contribution in [2.75, 3.05) is 7.11 Å². The van der Waals surface area contributed by atoms with Crippen LogP contribution in [0.3, 0.4) is 0 Å². The number of ether oxygens (including phenoxy) is 1. The molecule has 0 bridgehead atoms. The molecule has 0 aliphatic heterocycles. The summed E-state index contributed by atoms with van der Waals surface area (Å²) in [6.45, 7) is 0. The van der Waals surface area contributed by atoms with E-state index < -0.39 is 0 Å². The molecule has 2 heterocycles. The lowest BCUT2D eigenvalue weighted by atomic mass is 10.1. The van der Waals surface area contributed by atoms with Crippen LogP contribution in [0.5, 0.6) is 5.75 Å². The number of hydrogen-bond donors (Lipinski definition) is 1. The molecule has 0 atom stereocenters. The smallest absolute Gasteiger partial charge is 0.260 e. The number of fused-ring (bicyclic) bond motifs is 1. The number of methoxy groups -OCH3 is 1. The third-order valence-electron chi connectivity index (χ3n) is 4.04. The average Bonchev–Trinajstić information content (AvgIpc) is 3.12. The normalized spacial score (nSPS) is 11.0. The quantitative estimate of drug-likeness (QED) is 0.393. The lowest BCUT2D eigenvalue weighted by Gasteiger charge is -2.04. The molecule has 0 fully saturated rings. The fourth-order valence-electron chi connectivity index (χ4n) is 2.71. The molecule has 130 valence electrons. The number of benzene rings is 2. The van der Waals surface area contributed by atoms with Gasteiger partial charge < -0.3 is 9.72 Å². The fraction of sp³-hybridized carbons (Fsp3) is 0.100. The van der Waals surface area contributed by atoms with E-state index in [1.54, 1.807) is 7.11 Å². The van der Waals surface area contributed by atoms with Crippen LogP contribution in [0.25, 0.3) is 21.3 Å². The largest absolute Gasteiger partial charge is 0.497 e. The van der Waals surface area contributed by atoms with Crippen molar-refractivity contribution in [1.82, 2.24) is 9.97 Å². The summed E-state index contributed by atoms with van der Waals surface area (Å²) >= 11 is 3.03. The Morgan fingerprint density at radius 1 is 1.12 bits per heavy atom. The van der Waals surface area contributed by atoms with Gasteiger partial charge in [0.1, 0.15) is 10.6 Å². The van der Waals surface area contributed by atoms with Crippen LogP contribution >= 0.6 is 23.1 Å². The van der Waals surface area contributed by atoms with Gasteiger partial charge in [0.25, 0.3) is 5.56 Å². The van der Waals surface area contributed by atoms with Gasteiger partial charge in [-0.15, -0.1) is 11.3 Å². The molecule has 0 aliphatic carbocycles. The summed E-state index contributed by atoms with van der Waals surface area (Å²) in [5, 5.41) is 3.28. The van der Waals surface area contributed by atoms with Gasteiger partial charge in [0.2, 0.25) is 0 Å². The molecule has 0 amide bonds. The molecule has 0 saturated carbocycles. The summed E-state index contributed by atoms with van der Waals surface area (Å²) in [6, 6.07) is 17.8. The lowest BCUT2D eigenvalue weighted by Crippen LogP contribution is -2.08. The number of rotatable bonds is 5. The van der Waals surface area contributed by atoms with E-state index in [1.165, 1.54) is 28.7 Å². The number of nitrogens with one attached hydrogen (secondary N) is 1. The standard InChI is InChI=1S/C20H16N2O2S2/c1-24-15-9-7-14(8-10-15)16-12-25-19-17(16)18(23)21-20(22-19)26-11-13-5-3-2-4-6-13/h2-10,12H,11H2,1H3,(H,21,22,23). The first-order valence-electron chi connectivity index (χ1n) is 8.07. The van der Waals surface area contributed by atoms with Crippen LogP contribution in [0.4, 0.5) is 0 Å². The minimum absolute atomic E-state index is 0.0994. The van der Waals surface area contributed by atoms with E-state index in [1.807, 2.05) is 47.8 Å². The Hall–Kier alpha value is -2.57. The summed E-state index contributed by atoms with van der Waals surface area (Å²) in [6.07, 6.45) is 0. The van der Waals surface area contributed by atoms with Gasteiger partial charge in [-0.2, -0.15) is 0 Å². The van der Waals surface area contributed by atoms with Crippen LogP contribution in [-0.4, -0.2) is 17.1 Å². The van der Waals surface area contributed by atoms with E-state index in [2.05, 4.69) is 22.1 Å². The van der Waals surface area contributed by atoms with Crippen LogP contribution in [0, 0.1) is 0 Å². The van der Waals surface area contributed by atoms with E-state index in [-0.39, 0.29) is 5.56 Å². The van der Waals surface area contributed by atoms with Gasteiger partial charge in [-0.25, -0.2) is 4.98 Å². The maximum atomic E-state index is 12.7. The maximum Gasteiger partial charge on any atom is 0.260 e. The third-order valence-corrected chi connectivity index (χ3v) is 5.86. The highest BCUT2D eigenvalue weighted by Crippen LogP contribution is 2.32. The summed E-state index contributed by atoms with van der Waals surface area (Å²) in [5.74, 6) is 1.56. The van der Waals surface area contributed by atoms with Crippen molar-refractivity contribution in [3.8, 4) is 16.9 Å². The van der Waals surface area contributed by atoms with Gasteiger partial charge >= 0.3 is 0 Å². The van der Waals surface area contributed by atoms with Crippen LogP contribution in [0.1, 0.15) is 5.56 Å². The summed E-state index contributed by atoms with van der Waals surface area (Å²) in [7, 11) is 1.64. The number of hydrogen-bond acceptors (Lipinski definition) is 5.